The number of furan rings is 1. The highest BCUT2D eigenvalue weighted by Crippen LogP contribution is 2.28. The van der Waals surface area contributed by atoms with E-state index in [1.165, 1.54) is 12.1 Å². The van der Waals surface area contributed by atoms with Gasteiger partial charge in [-0.2, -0.15) is 0 Å². The van der Waals surface area contributed by atoms with E-state index in [2.05, 4.69) is 5.32 Å². The van der Waals surface area contributed by atoms with Gasteiger partial charge in [0.25, 0.3) is 0 Å². The summed E-state index contributed by atoms with van der Waals surface area (Å²) in [5, 5.41) is 2.87. The van der Waals surface area contributed by atoms with Crippen molar-refractivity contribution in [3.8, 4) is 5.75 Å². The van der Waals surface area contributed by atoms with Gasteiger partial charge >= 0.3 is 6.03 Å². The Morgan fingerprint density at radius 1 is 1.03 bits per heavy atom. The van der Waals surface area contributed by atoms with Crippen molar-refractivity contribution < 1.29 is 23.1 Å². The van der Waals surface area contributed by atoms with Crippen molar-refractivity contribution in [2.45, 2.75) is 38.9 Å². The molecule has 2 aromatic carbocycles. The molecule has 0 unspecified atom stereocenters. The molecule has 0 spiro atoms. The normalized spacial score (nSPS) is 12.8. The number of hydrogen-bond acceptors (Lipinski definition) is 4. The number of nitrogens with one attached hydrogen (secondary N) is 1. The van der Waals surface area contributed by atoms with Gasteiger partial charge in [-0.15, -0.1) is 0 Å². The number of rotatable bonds is 9. The molecule has 3 amide bonds. The molecule has 0 saturated heterocycles. The first-order chi connectivity index (χ1) is 16.4. The molecule has 7 nitrogen and oxygen atoms in total. The number of nitrogens with zero attached hydrogens (tertiary/aromatic N) is 2. The van der Waals surface area contributed by atoms with E-state index < -0.39 is 0 Å². The Morgan fingerprint density at radius 3 is 2.32 bits per heavy atom. The minimum atomic E-state index is -0.335. The van der Waals surface area contributed by atoms with E-state index in [9.17, 15) is 14.0 Å². The molecule has 8 heteroatoms. The Bertz CT molecular complexity index is 1120. The molecule has 0 radical (unpaired) electrons. The van der Waals surface area contributed by atoms with E-state index in [1.54, 1.807) is 53.3 Å². The van der Waals surface area contributed by atoms with Crippen LogP contribution in [0.25, 0.3) is 0 Å². The zero-order valence-corrected chi connectivity index (χ0v) is 19.3. The van der Waals surface area contributed by atoms with E-state index in [1.807, 2.05) is 19.1 Å². The maximum atomic E-state index is 13.4. The number of benzene rings is 2. The van der Waals surface area contributed by atoms with Crippen LogP contribution in [0.5, 0.6) is 5.75 Å². The van der Waals surface area contributed by atoms with Gasteiger partial charge in [0.15, 0.2) is 0 Å². The zero-order valence-electron chi connectivity index (χ0n) is 19.3. The average Bonchev–Trinajstić information content (AvgIpc) is 3.59. The van der Waals surface area contributed by atoms with Crippen molar-refractivity contribution in [1.29, 1.82) is 0 Å². The van der Waals surface area contributed by atoms with Crippen LogP contribution in [-0.2, 0) is 17.9 Å². The number of urea groups is 1. The summed E-state index contributed by atoms with van der Waals surface area (Å²) in [6.07, 6.45) is 1.72. The highest BCUT2D eigenvalue weighted by atomic mass is 19.1. The summed E-state index contributed by atoms with van der Waals surface area (Å²) in [6.45, 7) is 2.31. The fourth-order valence-electron chi connectivity index (χ4n) is 3.67. The second-order valence-electron chi connectivity index (χ2n) is 8.41. The monoisotopic (exact) mass is 465 g/mol. The van der Waals surface area contributed by atoms with Crippen molar-refractivity contribution in [3.05, 3.63) is 83.6 Å². The van der Waals surface area contributed by atoms with Crippen LogP contribution in [0.3, 0.4) is 0 Å². The van der Waals surface area contributed by atoms with Crippen LogP contribution < -0.4 is 10.1 Å². The predicted molar refractivity (Wildman–Crippen MR) is 126 cm³/mol. The molecule has 0 bridgehead atoms. The van der Waals surface area contributed by atoms with Crippen molar-refractivity contribution in [2.75, 3.05) is 19.0 Å². The molecule has 1 saturated carbocycles. The number of ether oxygens (including phenoxy) is 1. The molecule has 1 aromatic heterocycles. The predicted octanol–water partition coefficient (Wildman–Crippen LogP) is 4.96. The highest BCUT2D eigenvalue weighted by molar-refractivity contribution is 5.92. The third-order valence-corrected chi connectivity index (χ3v) is 5.68. The number of hydrogen-bond donors (Lipinski definition) is 1. The summed E-state index contributed by atoms with van der Waals surface area (Å²) < 4.78 is 24.2. The molecule has 4 rings (SSSR count). The van der Waals surface area contributed by atoms with Crippen molar-refractivity contribution >= 4 is 17.6 Å². The van der Waals surface area contributed by atoms with Crippen LogP contribution in [0.15, 0.2) is 65.1 Å². The largest absolute Gasteiger partial charge is 0.497 e. The quantitative estimate of drug-likeness (QED) is 0.485. The number of halogens is 1. The van der Waals surface area contributed by atoms with Crippen LogP contribution in [0, 0.1) is 12.7 Å². The number of methoxy groups -OCH3 is 1. The molecule has 1 aliphatic rings. The number of carbonyl (C=O) groups excluding carboxylic acids is 2. The fraction of sp³-hybridized carbons (Fsp3) is 0.308. The smallest absolute Gasteiger partial charge is 0.322 e. The maximum absolute atomic E-state index is 13.4. The fourth-order valence-corrected chi connectivity index (χ4v) is 3.67. The molecule has 1 aliphatic carbocycles. The molecule has 1 fully saturated rings. The van der Waals surface area contributed by atoms with Crippen LogP contribution >= 0.6 is 0 Å². The lowest BCUT2D eigenvalue weighted by molar-refractivity contribution is -0.133. The molecule has 3 aromatic rings. The lowest BCUT2D eigenvalue weighted by Crippen LogP contribution is -2.45. The van der Waals surface area contributed by atoms with E-state index >= 15 is 0 Å². The Balaban J connectivity index is 1.47. The molecule has 178 valence electrons. The number of amides is 3. The van der Waals surface area contributed by atoms with Crippen molar-refractivity contribution in [2.24, 2.45) is 0 Å². The van der Waals surface area contributed by atoms with Crippen LogP contribution in [0.2, 0.25) is 0 Å². The third kappa shape index (κ3) is 6.15. The second-order valence-corrected chi connectivity index (χ2v) is 8.41. The molecule has 0 atom stereocenters. The summed E-state index contributed by atoms with van der Waals surface area (Å²) in [5.41, 5.74) is 1.41. The van der Waals surface area contributed by atoms with Gasteiger partial charge < -0.3 is 24.3 Å². The van der Waals surface area contributed by atoms with Gasteiger partial charge in [0, 0.05) is 18.3 Å². The number of aryl methyl sites for hydroxylation is 1. The summed E-state index contributed by atoms with van der Waals surface area (Å²) in [6, 6.07) is 16.4. The minimum Gasteiger partial charge on any atom is -0.497 e. The van der Waals surface area contributed by atoms with E-state index in [0.29, 0.717) is 17.2 Å². The summed E-state index contributed by atoms with van der Waals surface area (Å²) in [5.74, 6) is 1.54. The van der Waals surface area contributed by atoms with Gasteiger partial charge in [-0.25, -0.2) is 9.18 Å². The van der Waals surface area contributed by atoms with E-state index in [-0.39, 0.29) is 43.4 Å². The third-order valence-electron chi connectivity index (χ3n) is 5.68. The molecular weight excluding hydrogens is 437 g/mol. The van der Waals surface area contributed by atoms with Crippen LogP contribution in [0.1, 0.15) is 29.9 Å². The summed E-state index contributed by atoms with van der Waals surface area (Å²) in [7, 11) is 1.58. The zero-order chi connectivity index (χ0) is 24.1. The Kier molecular flexibility index (Phi) is 7.15. The standard InChI is InChI=1S/C26H28FN3O4/c1-18-3-12-24(34-18)16-29(15-19-4-6-20(27)7-5-19)25(31)17-30(22-10-11-22)26(32)28-21-8-13-23(33-2)14-9-21/h3-9,12-14,22H,10-11,15-17H2,1-2H3,(H,28,32). The second kappa shape index (κ2) is 10.4. The topological polar surface area (TPSA) is 75.0 Å². The number of carbonyl (C=O) groups is 2. The molecule has 1 heterocycles. The molecular formula is C26H28FN3O4. The Hall–Kier alpha value is -3.81. The van der Waals surface area contributed by atoms with E-state index in [4.69, 9.17) is 9.15 Å². The minimum absolute atomic E-state index is 0.0285. The number of anilines is 1. The SMILES string of the molecule is COc1ccc(NC(=O)N(CC(=O)N(Cc2ccc(F)cc2)Cc2ccc(C)o2)C2CC2)cc1. The highest BCUT2D eigenvalue weighted by Gasteiger charge is 2.35. The average molecular weight is 466 g/mol. The van der Waals surface area contributed by atoms with Gasteiger partial charge in [0.1, 0.15) is 29.6 Å². The van der Waals surface area contributed by atoms with Gasteiger partial charge in [-0.05, 0) is 73.9 Å². The van der Waals surface area contributed by atoms with Gasteiger partial charge in [-0.3, -0.25) is 4.79 Å². The van der Waals surface area contributed by atoms with Crippen molar-refractivity contribution in [1.82, 2.24) is 9.80 Å². The maximum Gasteiger partial charge on any atom is 0.322 e. The molecule has 0 aliphatic heterocycles. The summed E-state index contributed by atoms with van der Waals surface area (Å²) in [4.78, 5) is 29.6. The first-order valence-corrected chi connectivity index (χ1v) is 11.2. The van der Waals surface area contributed by atoms with Crippen LogP contribution in [0.4, 0.5) is 14.9 Å². The van der Waals surface area contributed by atoms with Gasteiger partial charge in [0.2, 0.25) is 5.91 Å². The van der Waals surface area contributed by atoms with Gasteiger partial charge in [-0.1, -0.05) is 12.1 Å². The first-order valence-electron chi connectivity index (χ1n) is 11.2. The van der Waals surface area contributed by atoms with Crippen molar-refractivity contribution in [3.63, 3.8) is 0 Å². The molecule has 1 N–H and O–H groups in total. The molecule has 34 heavy (non-hydrogen) atoms. The van der Waals surface area contributed by atoms with Gasteiger partial charge in [0.05, 0.1) is 13.7 Å². The Labute approximate surface area is 198 Å². The first kappa shape index (κ1) is 23.4. The van der Waals surface area contributed by atoms with E-state index in [0.717, 1.165) is 24.2 Å². The Morgan fingerprint density at radius 2 is 1.74 bits per heavy atom. The summed E-state index contributed by atoms with van der Waals surface area (Å²) >= 11 is 0. The van der Waals surface area contributed by atoms with Crippen LogP contribution in [-0.4, -0.2) is 41.4 Å². The lowest BCUT2D eigenvalue weighted by Gasteiger charge is -2.27. The lowest BCUT2D eigenvalue weighted by atomic mass is 10.2.